The number of anilines is 1. The molecule has 1 aliphatic heterocycles. The highest BCUT2D eigenvalue weighted by Gasteiger charge is 2.34. The van der Waals surface area contributed by atoms with Gasteiger partial charge in [0, 0.05) is 37.1 Å². The van der Waals surface area contributed by atoms with E-state index in [-0.39, 0.29) is 0 Å². The van der Waals surface area contributed by atoms with Gasteiger partial charge in [-0.1, -0.05) is 32.0 Å². The van der Waals surface area contributed by atoms with Crippen molar-refractivity contribution in [1.29, 1.82) is 0 Å². The topological polar surface area (TPSA) is 65.5 Å². The molecule has 2 N–H and O–H groups in total. The minimum atomic E-state index is -0.715. The maximum Gasteiger partial charge on any atom is 0.310 e. The standard InChI is InChI=1S/C22H31N3O2/c1-3-22(4-2,21(26)27)16-23-15-18-14-17-10-6-7-11-19(17)24-20(18)25-12-8-5-9-13-25/h6-7,10-11,14,23H,3-5,8-9,12-13,15-16H2,1-2H3,(H,26,27). The Bertz CT molecular complexity index is 780. The molecule has 1 saturated heterocycles. The SMILES string of the molecule is CCC(CC)(CNCc1cc2ccccc2nc1N1CCCCC1)C(=O)O. The second-order valence-corrected chi connectivity index (χ2v) is 7.61. The van der Waals surface area contributed by atoms with Crippen molar-refractivity contribution in [3.63, 3.8) is 0 Å². The van der Waals surface area contributed by atoms with Crippen LogP contribution in [-0.2, 0) is 11.3 Å². The van der Waals surface area contributed by atoms with E-state index in [4.69, 9.17) is 4.98 Å². The van der Waals surface area contributed by atoms with Crippen molar-refractivity contribution in [2.75, 3.05) is 24.5 Å². The molecule has 2 heterocycles. The van der Waals surface area contributed by atoms with Gasteiger partial charge in [-0.3, -0.25) is 4.79 Å². The Balaban J connectivity index is 1.84. The number of aliphatic carboxylic acids is 1. The lowest BCUT2D eigenvalue weighted by molar-refractivity contribution is -0.149. The predicted molar refractivity (Wildman–Crippen MR) is 110 cm³/mol. The van der Waals surface area contributed by atoms with E-state index in [1.54, 1.807) is 0 Å². The van der Waals surface area contributed by atoms with E-state index in [2.05, 4.69) is 28.4 Å². The van der Waals surface area contributed by atoms with Crippen molar-refractivity contribution in [1.82, 2.24) is 10.3 Å². The summed E-state index contributed by atoms with van der Waals surface area (Å²) in [6, 6.07) is 10.4. The number of aromatic nitrogens is 1. The van der Waals surface area contributed by atoms with Crippen molar-refractivity contribution >= 4 is 22.7 Å². The average Bonchev–Trinajstić information content (AvgIpc) is 2.71. The van der Waals surface area contributed by atoms with Gasteiger partial charge in [-0.2, -0.15) is 0 Å². The Morgan fingerprint density at radius 2 is 1.89 bits per heavy atom. The minimum Gasteiger partial charge on any atom is -0.481 e. The maximum atomic E-state index is 11.8. The van der Waals surface area contributed by atoms with Gasteiger partial charge in [-0.15, -0.1) is 0 Å². The summed E-state index contributed by atoms with van der Waals surface area (Å²) in [5, 5.41) is 14.2. The highest BCUT2D eigenvalue weighted by molar-refractivity contribution is 5.82. The van der Waals surface area contributed by atoms with Crippen molar-refractivity contribution < 1.29 is 9.90 Å². The van der Waals surface area contributed by atoms with Gasteiger partial charge in [0.2, 0.25) is 0 Å². The second-order valence-electron chi connectivity index (χ2n) is 7.61. The fourth-order valence-electron chi connectivity index (χ4n) is 3.97. The first-order valence-corrected chi connectivity index (χ1v) is 10.2. The zero-order chi connectivity index (χ0) is 19.3. The number of nitrogens with zero attached hydrogens (tertiary/aromatic N) is 2. The molecule has 0 radical (unpaired) electrons. The molecule has 146 valence electrons. The number of carboxylic acids is 1. The van der Waals surface area contributed by atoms with E-state index in [0.29, 0.717) is 25.9 Å². The number of fused-ring (bicyclic) bond motifs is 1. The molecular formula is C22H31N3O2. The van der Waals surface area contributed by atoms with Crippen LogP contribution in [0, 0.1) is 5.41 Å². The molecule has 27 heavy (non-hydrogen) atoms. The zero-order valence-electron chi connectivity index (χ0n) is 16.5. The Morgan fingerprint density at radius 1 is 1.19 bits per heavy atom. The van der Waals surface area contributed by atoms with Crippen LogP contribution in [0.5, 0.6) is 0 Å². The van der Waals surface area contributed by atoms with Crippen molar-refractivity contribution in [2.24, 2.45) is 5.41 Å². The summed E-state index contributed by atoms with van der Waals surface area (Å²) >= 11 is 0. The van der Waals surface area contributed by atoms with Crippen LogP contribution >= 0.6 is 0 Å². The molecule has 0 saturated carbocycles. The Labute approximate surface area is 161 Å². The van der Waals surface area contributed by atoms with Crippen LogP contribution < -0.4 is 10.2 Å². The molecule has 0 atom stereocenters. The smallest absolute Gasteiger partial charge is 0.310 e. The van der Waals surface area contributed by atoms with E-state index >= 15 is 0 Å². The summed E-state index contributed by atoms with van der Waals surface area (Å²) in [6.07, 6.45) is 4.94. The molecule has 5 nitrogen and oxygen atoms in total. The largest absolute Gasteiger partial charge is 0.481 e. The third-order valence-corrected chi connectivity index (χ3v) is 6.02. The van der Waals surface area contributed by atoms with Crippen LogP contribution in [0.4, 0.5) is 5.82 Å². The van der Waals surface area contributed by atoms with Gasteiger partial charge in [0.25, 0.3) is 0 Å². The quantitative estimate of drug-likeness (QED) is 0.730. The van der Waals surface area contributed by atoms with Gasteiger partial charge in [0.15, 0.2) is 0 Å². The van der Waals surface area contributed by atoms with E-state index in [0.717, 1.165) is 35.4 Å². The number of para-hydroxylation sites is 1. The van der Waals surface area contributed by atoms with Crippen LogP contribution in [-0.4, -0.2) is 35.7 Å². The Morgan fingerprint density at radius 3 is 2.56 bits per heavy atom. The third kappa shape index (κ3) is 4.24. The molecule has 0 amide bonds. The molecule has 0 bridgehead atoms. The molecule has 5 heteroatoms. The Hall–Kier alpha value is -2.14. The third-order valence-electron chi connectivity index (χ3n) is 6.02. The van der Waals surface area contributed by atoms with Crippen LogP contribution in [0.15, 0.2) is 30.3 Å². The zero-order valence-corrected chi connectivity index (χ0v) is 16.5. The molecule has 0 unspecified atom stereocenters. The minimum absolute atomic E-state index is 0.474. The first-order chi connectivity index (χ1) is 13.1. The summed E-state index contributed by atoms with van der Waals surface area (Å²) < 4.78 is 0. The first kappa shape index (κ1) is 19.6. The lowest BCUT2D eigenvalue weighted by Crippen LogP contribution is -2.40. The summed E-state index contributed by atoms with van der Waals surface area (Å²) in [5.74, 6) is 0.336. The van der Waals surface area contributed by atoms with Crippen molar-refractivity contribution in [3.8, 4) is 0 Å². The maximum absolute atomic E-state index is 11.8. The van der Waals surface area contributed by atoms with Crippen LogP contribution in [0.25, 0.3) is 10.9 Å². The van der Waals surface area contributed by atoms with Gasteiger partial charge in [0.1, 0.15) is 5.82 Å². The summed E-state index contributed by atoms with van der Waals surface area (Å²) in [5.41, 5.74) is 1.47. The fourth-order valence-corrected chi connectivity index (χ4v) is 3.97. The van der Waals surface area contributed by atoms with Gasteiger partial charge in [0.05, 0.1) is 10.9 Å². The summed E-state index contributed by atoms with van der Waals surface area (Å²) in [4.78, 5) is 19.1. The molecule has 3 rings (SSSR count). The number of hydrogen-bond donors (Lipinski definition) is 2. The van der Waals surface area contributed by atoms with E-state index in [9.17, 15) is 9.90 Å². The number of nitrogens with one attached hydrogen (secondary N) is 1. The normalized spacial score (nSPS) is 15.3. The lowest BCUT2D eigenvalue weighted by Gasteiger charge is -2.31. The number of rotatable bonds is 8. The van der Waals surface area contributed by atoms with E-state index in [1.807, 2.05) is 26.0 Å². The Kier molecular flexibility index (Phi) is 6.32. The number of hydrogen-bond acceptors (Lipinski definition) is 4. The monoisotopic (exact) mass is 369 g/mol. The van der Waals surface area contributed by atoms with Gasteiger partial charge >= 0.3 is 5.97 Å². The van der Waals surface area contributed by atoms with Gasteiger partial charge in [-0.05, 0) is 44.2 Å². The van der Waals surface area contributed by atoms with Gasteiger partial charge < -0.3 is 15.3 Å². The molecule has 1 aromatic carbocycles. The van der Waals surface area contributed by atoms with E-state index in [1.165, 1.54) is 19.3 Å². The summed E-state index contributed by atoms with van der Waals surface area (Å²) in [7, 11) is 0. The molecule has 2 aromatic rings. The number of benzene rings is 1. The second kappa shape index (κ2) is 8.70. The highest BCUT2D eigenvalue weighted by atomic mass is 16.4. The first-order valence-electron chi connectivity index (χ1n) is 10.2. The van der Waals surface area contributed by atoms with Crippen LogP contribution in [0.3, 0.4) is 0 Å². The fraction of sp³-hybridized carbons (Fsp3) is 0.545. The number of carbonyl (C=O) groups is 1. The van der Waals surface area contributed by atoms with Crippen molar-refractivity contribution in [3.05, 3.63) is 35.9 Å². The highest BCUT2D eigenvalue weighted by Crippen LogP contribution is 2.28. The molecular weight excluding hydrogens is 338 g/mol. The number of pyridine rings is 1. The molecule has 1 aliphatic rings. The predicted octanol–water partition coefficient (Wildman–Crippen LogP) is 4.21. The summed E-state index contributed by atoms with van der Waals surface area (Å²) in [6.45, 7) is 7.11. The number of carboxylic acid groups (broad SMARTS) is 1. The molecule has 0 aliphatic carbocycles. The van der Waals surface area contributed by atoms with Crippen LogP contribution in [0.2, 0.25) is 0 Å². The van der Waals surface area contributed by atoms with E-state index < -0.39 is 11.4 Å². The molecule has 1 fully saturated rings. The number of piperidine rings is 1. The van der Waals surface area contributed by atoms with Crippen LogP contribution in [0.1, 0.15) is 51.5 Å². The van der Waals surface area contributed by atoms with Gasteiger partial charge in [-0.25, -0.2) is 4.98 Å². The molecule has 1 aromatic heterocycles. The average molecular weight is 370 g/mol. The van der Waals surface area contributed by atoms with Crippen molar-refractivity contribution in [2.45, 2.75) is 52.5 Å². The molecule has 0 spiro atoms. The lowest BCUT2D eigenvalue weighted by atomic mass is 9.82.